The van der Waals surface area contributed by atoms with Gasteiger partial charge in [-0.1, -0.05) is 0 Å². The van der Waals surface area contributed by atoms with Gasteiger partial charge in [-0.15, -0.1) is 0 Å². The summed E-state index contributed by atoms with van der Waals surface area (Å²) in [7, 11) is 0. The molecule has 0 amide bonds. The molecule has 0 aromatic carbocycles. The zero-order valence-corrected chi connectivity index (χ0v) is 5.99. The molecule has 0 aromatic heterocycles. The van der Waals surface area contributed by atoms with Crippen molar-refractivity contribution >= 4 is 11.8 Å². The van der Waals surface area contributed by atoms with Gasteiger partial charge in [0, 0.05) is 6.54 Å². The Morgan fingerprint density at radius 1 is 1.73 bits per heavy atom. The average molecular weight is 158 g/mol. The van der Waals surface area contributed by atoms with Crippen molar-refractivity contribution in [1.29, 1.82) is 0 Å². The molecule has 0 spiro atoms. The van der Waals surface area contributed by atoms with E-state index in [1.807, 2.05) is 0 Å². The van der Waals surface area contributed by atoms with E-state index in [0.29, 0.717) is 13.0 Å². The Bertz CT molecular complexity index is 192. The van der Waals surface area contributed by atoms with Gasteiger partial charge in [0.05, 0.1) is 6.54 Å². The van der Waals surface area contributed by atoms with E-state index in [1.165, 1.54) is 5.01 Å². The van der Waals surface area contributed by atoms with E-state index in [9.17, 15) is 9.59 Å². The topological polar surface area (TPSA) is 83.6 Å². The lowest BCUT2D eigenvalue weighted by Gasteiger charge is -2.24. The third-order valence-electron chi connectivity index (χ3n) is 1.75. The maximum atomic E-state index is 10.9. The lowest BCUT2D eigenvalue weighted by molar-refractivity contribution is -0.148. The molecule has 1 atom stereocenters. The third kappa shape index (κ3) is 1.75. The lowest BCUT2D eigenvalue weighted by atomic mass is 9.97. The van der Waals surface area contributed by atoms with Crippen molar-refractivity contribution in [2.45, 2.75) is 6.42 Å². The van der Waals surface area contributed by atoms with E-state index in [2.05, 4.69) is 0 Å². The molecule has 1 fully saturated rings. The van der Waals surface area contributed by atoms with Crippen LogP contribution in [0.25, 0.3) is 0 Å². The largest absolute Gasteiger partial charge is 0.481 e. The van der Waals surface area contributed by atoms with Crippen LogP contribution in [-0.2, 0) is 9.59 Å². The van der Waals surface area contributed by atoms with E-state index in [1.54, 1.807) is 0 Å². The standard InChI is InChI=1S/C6H10N2O3/c7-8-2-1-4(6(10)11)5(9)3-8/h4H,1-3,7H2,(H,10,11). The molecule has 3 N–H and O–H groups in total. The summed E-state index contributed by atoms with van der Waals surface area (Å²) in [5, 5.41) is 9.85. The summed E-state index contributed by atoms with van der Waals surface area (Å²) in [6.07, 6.45) is 0.324. The second-order valence-electron chi connectivity index (χ2n) is 2.62. The van der Waals surface area contributed by atoms with Crippen molar-refractivity contribution < 1.29 is 14.7 Å². The molecule has 0 aliphatic carbocycles. The summed E-state index contributed by atoms with van der Waals surface area (Å²) in [6.45, 7) is 0.527. The number of carboxylic acids is 1. The molecular formula is C6H10N2O3. The first-order chi connectivity index (χ1) is 5.11. The van der Waals surface area contributed by atoms with Crippen molar-refractivity contribution in [3.63, 3.8) is 0 Å². The van der Waals surface area contributed by atoms with Crippen molar-refractivity contribution in [2.75, 3.05) is 13.1 Å². The monoisotopic (exact) mass is 158 g/mol. The molecule has 0 aromatic rings. The van der Waals surface area contributed by atoms with Gasteiger partial charge in [-0.2, -0.15) is 0 Å². The van der Waals surface area contributed by atoms with E-state index in [4.69, 9.17) is 10.9 Å². The van der Waals surface area contributed by atoms with Gasteiger partial charge in [0.2, 0.25) is 0 Å². The zero-order valence-electron chi connectivity index (χ0n) is 5.99. The molecular weight excluding hydrogens is 148 g/mol. The quantitative estimate of drug-likeness (QED) is 0.371. The Morgan fingerprint density at radius 2 is 2.36 bits per heavy atom. The highest BCUT2D eigenvalue weighted by atomic mass is 16.4. The Morgan fingerprint density at radius 3 is 2.82 bits per heavy atom. The van der Waals surface area contributed by atoms with E-state index < -0.39 is 11.9 Å². The van der Waals surface area contributed by atoms with Gasteiger partial charge in [0.25, 0.3) is 0 Å². The van der Waals surface area contributed by atoms with Crippen LogP contribution in [0.2, 0.25) is 0 Å². The number of hydrazine groups is 1. The number of rotatable bonds is 1. The average Bonchev–Trinajstić information content (AvgIpc) is 1.85. The number of carbonyl (C=O) groups excluding carboxylic acids is 1. The predicted octanol–water partition coefficient (Wildman–Crippen LogP) is -1.16. The molecule has 1 aliphatic heterocycles. The van der Waals surface area contributed by atoms with Crippen LogP contribution in [0.5, 0.6) is 0 Å². The first-order valence-electron chi connectivity index (χ1n) is 3.36. The van der Waals surface area contributed by atoms with Gasteiger partial charge in [0.1, 0.15) is 5.92 Å². The van der Waals surface area contributed by atoms with E-state index in [-0.39, 0.29) is 12.3 Å². The summed E-state index contributed by atoms with van der Waals surface area (Å²) in [6, 6.07) is 0. The zero-order chi connectivity index (χ0) is 8.43. The second kappa shape index (κ2) is 2.98. The smallest absolute Gasteiger partial charge is 0.314 e. The van der Waals surface area contributed by atoms with Crippen LogP contribution in [0.4, 0.5) is 0 Å². The van der Waals surface area contributed by atoms with Crippen molar-refractivity contribution in [3.8, 4) is 0 Å². The van der Waals surface area contributed by atoms with Gasteiger partial charge >= 0.3 is 5.97 Å². The van der Waals surface area contributed by atoms with Gasteiger partial charge in [0.15, 0.2) is 5.78 Å². The van der Waals surface area contributed by atoms with Crippen molar-refractivity contribution in [2.24, 2.45) is 11.8 Å². The van der Waals surface area contributed by atoms with E-state index in [0.717, 1.165) is 0 Å². The molecule has 0 saturated carbocycles. The Hall–Kier alpha value is -0.940. The fourth-order valence-electron chi connectivity index (χ4n) is 1.11. The predicted molar refractivity (Wildman–Crippen MR) is 36.5 cm³/mol. The van der Waals surface area contributed by atoms with Crippen LogP contribution < -0.4 is 5.84 Å². The number of Topliss-reactive ketones (excluding diaryl/α,β-unsaturated/α-hetero) is 1. The fourth-order valence-corrected chi connectivity index (χ4v) is 1.11. The van der Waals surface area contributed by atoms with Gasteiger partial charge in [-0.3, -0.25) is 15.4 Å². The molecule has 11 heavy (non-hydrogen) atoms. The van der Waals surface area contributed by atoms with Gasteiger partial charge in [-0.25, -0.2) is 5.01 Å². The molecule has 1 rings (SSSR count). The van der Waals surface area contributed by atoms with E-state index >= 15 is 0 Å². The number of nitrogens with two attached hydrogens (primary N) is 1. The highest BCUT2D eigenvalue weighted by Crippen LogP contribution is 2.11. The number of carboxylic acid groups (broad SMARTS) is 1. The van der Waals surface area contributed by atoms with Gasteiger partial charge < -0.3 is 5.11 Å². The Kier molecular flexibility index (Phi) is 2.21. The molecule has 1 aliphatic rings. The van der Waals surface area contributed by atoms with Crippen molar-refractivity contribution in [1.82, 2.24) is 5.01 Å². The molecule has 0 bridgehead atoms. The first-order valence-corrected chi connectivity index (χ1v) is 3.36. The number of aliphatic carboxylic acids is 1. The highest BCUT2D eigenvalue weighted by Gasteiger charge is 2.30. The van der Waals surface area contributed by atoms with Crippen LogP contribution in [0.3, 0.4) is 0 Å². The van der Waals surface area contributed by atoms with Crippen LogP contribution in [0.15, 0.2) is 0 Å². The number of nitrogens with zero attached hydrogens (tertiary/aromatic N) is 1. The second-order valence-corrected chi connectivity index (χ2v) is 2.62. The number of ketones is 1. The molecule has 1 heterocycles. The van der Waals surface area contributed by atoms with Crippen LogP contribution in [0, 0.1) is 5.92 Å². The maximum absolute atomic E-state index is 10.9. The number of carbonyl (C=O) groups is 2. The van der Waals surface area contributed by atoms with Crippen LogP contribution in [0.1, 0.15) is 6.42 Å². The first kappa shape index (κ1) is 8.16. The maximum Gasteiger partial charge on any atom is 0.314 e. The van der Waals surface area contributed by atoms with Gasteiger partial charge in [-0.05, 0) is 6.42 Å². The lowest BCUT2D eigenvalue weighted by Crippen LogP contribution is -2.46. The van der Waals surface area contributed by atoms with Crippen LogP contribution in [-0.4, -0.2) is 35.0 Å². The summed E-state index contributed by atoms with van der Waals surface area (Å²) in [5.74, 6) is 3.13. The number of hydrogen-bond donors (Lipinski definition) is 2. The summed E-state index contributed by atoms with van der Waals surface area (Å²) in [4.78, 5) is 21.3. The number of piperidine rings is 1. The molecule has 1 unspecified atom stereocenters. The minimum atomic E-state index is -1.04. The number of hydrogen-bond acceptors (Lipinski definition) is 4. The molecule has 0 radical (unpaired) electrons. The summed E-state index contributed by atoms with van der Waals surface area (Å²) >= 11 is 0. The normalized spacial score (nSPS) is 27.0. The SMILES string of the molecule is NN1CCC(C(=O)O)C(=O)C1. The Balaban J connectivity index is 2.58. The van der Waals surface area contributed by atoms with Crippen molar-refractivity contribution in [3.05, 3.63) is 0 Å². The summed E-state index contributed by atoms with van der Waals surface area (Å²) in [5.41, 5.74) is 0. The molecule has 62 valence electrons. The molecule has 1 saturated heterocycles. The molecule has 5 nitrogen and oxygen atoms in total. The minimum Gasteiger partial charge on any atom is -0.481 e. The fraction of sp³-hybridized carbons (Fsp3) is 0.667. The Labute approximate surface area is 63.7 Å². The minimum absolute atomic E-state index is 0.0525. The highest BCUT2D eigenvalue weighted by molar-refractivity contribution is 5.99. The van der Waals surface area contributed by atoms with Crippen LogP contribution >= 0.6 is 0 Å². The summed E-state index contributed by atoms with van der Waals surface area (Å²) < 4.78 is 0. The third-order valence-corrected chi connectivity index (χ3v) is 1.75. The molecule has 5 heteroatoms.